The lowest BCUT2D eigenvalue weighted by Crippen LogP contribution is -2.50. The van der Waals surface area contributed by atoms with Crippen LogP contribution in [0.5, 0.6) is 0 Å². The number of carboxylic acid groups (broad SMARTS) is 1. The average Bonchev–Trinajstić information content (AvgIpc) is 3.08. The van der Waals surface area contributed by atoms with E-state index in [-0.39, 0.29) is 23.5 Å². The van der Waals surface area contributed by atoms with Crippen LogP contribution in [0.25, 0.3) is 0 Å². The number of aliphatic hydroxyl groups excluding tert-OH is 1. The van der Waals surface area contributed by atoms with Crippen LogP contribution in [0.3, 0.4) is 0 Å². The van der Waals surface area contributed by atoms with Gasteiger partial charge in [0.1, 0.15) is 5.82 Å². The Balaban J connectivity index is 1.45. The molecule has 1 saturated carbocycles. The SMILES string of the molecule is CCCN(C(=O)O)c1ccc(N2CCC[C@]3(CCN([C@H]4CC[C@H](O)CC4)C3=O)C2)nc1. The standard InChI is InChI=1S/C23H34N4O4/c1-2-12-27(22(30)31)18-6-9-20(24-15-18)25-13-3-10-23(16-25)11-14-26(21(23)29)17-4-7-19(28)8-5-17/h6,9,15,17,19,28H,2-5,7-8,10-14,16H2,1H3,(H,30,31)/t17-,19-,23-/m0/s1. The molecule has 8 heteroatoms. The Hall–Kier alpha value is -2.35. The molecule has 2 aliphatic heterocycles. The summed E-state index contributed by atoms with van der Waals surface area (Å²) in [5.74, 6) is 1.08. The smallest absolute Gasteiger partial charge is 0.411 e. The molecule has 0 unspecified atom stereocenters. The van der Waals surface area contributed by atoms with Gasteiger partial charge in [-0.05, 0) is 63.5 Å². The van der Waals surface area contributed by atoms with Gasteiger partial charge in [0.15, 0.2) is 0 Å². The molecule has 0 aromatic carbocycles. The molecule has 170 valence electrons. The summed E-state index contributed by atoms with van der Waals surface area (Å²) in [7, 11) is 0. The highest BCUT2D eigenvalue weighted by atomic mass is 16.4. The molecule has 31 heavy (non-hydrogen) atoms. The number of rotatable bonds is 5. The van der Waals surface area contributed by atoms with Crippen LogP contribution in [0.4, 0.5) is 16.3 Å². The van der Waals surface area contributed by atoms with Gasteiger partial charge >= 0.3 is 6.09 Å². The van der Waals surface area contributed by atoms with Crippen molar-refractivity contribution in [3.8, 4) is 0 Å². The first-order valence-corrected chi connectivity index (χ1v) is 11.6. The summed E-state index contributed by atoms with van der Waals surface area (Å²) in [5.41, 5.74) is 0.233. The molecule has 8 nitrogen and oxygen atoms in total. The molecule has 2 saturated heterocycles. The molecule has 1 atom stereocenters. The van der Waals surface area contributed by atoms with Crippen LogP contribution in [0.1, 0.15) is 58.3 Å². The zero-order chi connectivity index (χ0) is 22.0. The van der Waals surface area contributed by atoms with Crippen molar-refractivity contribution in [3.05, 3.63) is 18.3 Å². The van der Waals surface area contributed by atoms with Gasteiger partial charge in [-0.3, -0.25) is 9.69 Å². The molecular formula is C23H34N4O4. The molecule has 0 radical (unpaired) electrons. The van der Waals surface area contributed by atoms with Gasteiger partial charge in [0.25, 0.3) is 0 Å². The number of carbonyl (C=O) groups excluding carboxylic acids is 1. The van der Waals surface area contributed by atoms with Gasteiger partial charge in [0, 0.05) is 32.2 Å². The Labute approximate surface area is 183 Å². The van der Waals surface area contributed by atoms with Crippen molar-refractivity contribution in [1.82, 2.24) is 9.88 Å². The number of likely N-dealkylation sites (tertiary alicyclic amines) is 1. The lowest BCUT2D eigenvalue weighted by atomic mass is 9.78. The summed E-state index contributed by atoms with van der Waals surface area (Å²) >= 11 is 0. The van der Waals surface area contributed by atoms with Crippen LogP contribution in [-0.2, 0) is 4.79 Å². The topological polar surface area (TPSA) is 97.2 Å². The van der Waals surface area contributed by atoms with Crippen molar-refractivity contribution in [3.63, 3.8) is 0 Å². The van der Waals surface area contributed by atoms with Gasteiger partial charge in [-0.25, -0.2) is 9.78 Å². The maximum absolute atomic E-state index is 13.5. The Morgan fingerprint density at radius 1 is 1.23 bits per heavy atom. The first-order chi connectivity index (χ1) is 14.9. The second-order valence-electron chi connectivity index (χ2n) is 9.33. The number of aromatic nitrogens is 1. The number of carbonyl (C=O) groups is 2. The van der Waals surface area contributed by atoms with E-state index in [4.69, 9.17) is 0 Å². The maximum Gasteiger partial charge on any atom is 0.411 e. The first-order valence-electron chi connectivity index (χ1n) is 11.6. The highest BCUT2D eigenvalue weighted by molar-refractivity contribution is 5.87. The third kappa shape index (κ3) is 4.35. The average molecular weight is 431 g/mol. The van der Waals surface area contributed by atoms with E-state index >= 15 is 0 Å². The van der Waals surface area contributed by atoms with E-state index in [0.29, 0.717) is 18.8 Å². The van der Waals surface area contributed by atoms with Crippen LogP contribution >= 0.6 is 0 Å². The third-order valence-electron chi connectivity index (χ3n) is 7.28. The largest absolute Gasteiger partial charge is 0.465 e. The van der Waals surface area contributed by atoms with Gasteiger partial charge < -0.3 is 20.0 Å². The minimum absolute atomic E-state index is 0.212. The van der Waals surface area contributed by atoms with Gasteiger partial charge in [0.05, 0.1) is 23.4 Å². The molecule has 1 aromatic heterocycles. The number of hydrogen-bond acceptors (Lipinski definition) is 5. The number of anilines is 2. The van der Waals surface area contributed by atoms with E-state index < -0.39 is 6.09 Å². The van der Waals surface area contributed by atoms with Crippen molar-refractivity contribution in [1.29, 1.82) is 0 Å². The van der Waals surface area contributed by atoms with E-state index in [1.807, 2.05) is 19.1 Å². The van der Waals surface area contributed by atoms with Crippen molar-refractivity contribution in [2.24, 2.45) is 5.41 Å². The molecule has 0 bridgehead atoms. The van der Waals surface area contributed by atoms with Gasteiger partial charge in [-0.15, -0.1) is 0 Å². The molecule has 3 aliphatic rings. The van der Waals surface area contributed by atoms with Gasteiger partial charge in [0.2, 0.25) is 5.91 Å². The van der Waals surface area contributed by atoms with Crippen LogP contribution in [0, 0.1) is 5.41 Å². The lowest BCUT2D eigenvalue weighted by Gasteiger charge is -2.41. The minimum atomic E-state index is -0.972. The second-order valence-corrected chi connectivity index (χ2v) is 9.33. The van der Waals surface area contributed by atoms with Crippen molar-refractivity contribution >= 4 is 23.5 Å². The van der Waals surface area contributed by atoms with Crippen molar-refractivity contribution in [2.45, 2.75) is 70.4 Å². The summed E-state index contributed by atoms with van der Waals surface area (Å²) in [4.78, 5) is 35.1. The monoisotopic (exact) mass is 430 g/mol. The van der Waals surface area contributed by atoms with Crippen LogP contribution in [-0.4, -0.2) is 70.4 Å². The molecule has 2 N–H and O–H groups in total. The maximum atomic E-state index is 13.5. The Morgan fingerprint density at radius 3 is 2.65 bits per heavy atom. The van der Waals surface area contributed by atoms with Crippen LogP contribution in [0.2, 0.25) is 0 Å². The third-order valence-corrected chi connectivity index (χ3v) is 7.28. The first kappa shape index (κ1) is 21.9. The molecule has 1 aliphatic carbocycles. The van der Waals surface area contributed by atoms with Crippen molar-refractivity contribution < 1.29 is 19.8 Å². The number of amides is 2. The van der Waals surface area contributed by atoms with Crippen LogP contribution < -0.4 is 9.80 Å². The number of nitrogens with zero attached hydrogens (tertiary/aromatic N) is 4. The Kier molecular flexibility index (Phi) is 6.36. The van der Waals surface area contributed by atoms with E-state index in [9.17, 15) is 19.8 Å². The zero-order valence-corrected chi connectivity index (χ0v) is 18.4. The summed E-state index contributed by atoms with van der Waals surface area (Å²) in [6.45, 7) is 4.72. The highest BCUT2D eigenvalue weighted by Crippen LogP contribution is 2.43. The number of piperidine rings is 1. The predicted molar refractivity (Wildman–Crippen MR) is 118 cm³/mol. The highest BCUT2D eigenvalue weighted by Gasteiger charge is 2.50. The fraction of sp³-hybridized carbons (Fsp3) is 0.696. The molecule has 4 rings (SSSR count). The number of hydrogen-bond donors (Lipinski definition) is 2. The molecule has 2 amide bonds. The minimum Gasteiger partial charge on any atom is -0.465 e. The summed E-state index contributed by atoms with van der Waals surface area (Å²) in [6.07, 6.45) is 7.28. The van der Waals surface area contributed by atoms with E-state index in [0.717, 1.165) is 70.3 Å². The summed E-state index contributed by atoms with van der Waals surface area (Å²) in [5, 5.41) is 19.2. The molecule has 1 aromatic rings. The van der Waals surface area contributed by atoms with E-state index in [1.165, 1.54) is 4.90 Å². The summed E-state index contributed by atoms with van der Waals surface area (Å²) in [6, 6.07) is 3.95. The fourth-order valence-corrected chi connectivity index (χ4v) is 5.56. The number of aliphatic hydroxyl groups is 1. The zero-order valence-electron chi connectivity index (χ0n) is 18.4. The molecular weight excluding hydrogens is 396 g/mol. The molecule has 3 fully saturated rings. The normalized spacial score (nSPS) is 28.9. The van der Waals surface area contributed by atoms with E-state index in [1.54, 1.807) is 6.20 Å². The second kappa shape index (κ2) is 9.02. The van der Waals surface area contributed by atoms with E-state index in [2.05, 4.69) is 14.8 Å². The van der Waals surface area contributed by atoms with Gasteiger partial charge in [-0.2, -0.15) is 0 Å². The quantitative estimate of drug-likeness (QED) is 0.745. The lowest BCUT2D eigenvalue weighted by molar-refractivity contribution is -0.139. The predicted octanol–water partition coefficient (Wildman–Crippen LogP) is 3.10. The molecule has 3 heterocycles. The fourth-order valence-electron chi connectivity index (χ4n) is 5.56. The van der Waals surface area contributed by atoms with Crippen LogP contribution in [0.15, 0.2) is 18.3 Å². The van der Waals surface area contributed by atoms with Crippen molar-refractivity contribution in [2.75, 3.05) is 36.0 Å². The molecule has 1 spiro atoms. The Bertz CT molecular complexity index is 793. The van der Waals surface area contributed by atoms with Gasteiger partial charge in [-0.1, -0.05) is 6.92 Å². The Morgan fingerprint density at radius 2 is 2.00 bits per heavy atom. The number of pyridine rings is 1. The summed E-state index contributed by atoms with van der Waals surface area (Å²) < 4.78 is 0.